The summed E-state index contributed by atoms with van der Waals surface area (Å²) in [6.45, 7) is 0. The fourth-order valence-electron chi connectivity index (χ4n) is 2.51. The van der Waals surface area contributed by atoms with E-state index < -0.39 is 31.0 Å². The molecule has 0 unspecified atom stereocenters. The molecule has 6 nitrogen and oxygen atoms in total. The standard InChI is InChI=1S/C14H19NO5S2/c1-21(17,18)13-9-5-6-11(10-13)14(16)15-22(19,20)12-7-3-2-4-8-12/h5-6,9-10,12H,2-4,7-8H2,1H3,(H,15,16). The first-order valence-electron chi connectivity index (χ1n) is 7.06. The highest BCUT2D eigenvalue weighted by Crippen LogP contribution is 2.23. The van der Waals surface area contributed by atoms with E-state index >= 15 is 0 Å². The quantitative estimate of drug-likeness (QED) is 0.891. The zero-order valence-electron chi connectivity index (χ0n) is 12.3. The van der Waals surface area contributed by atoms with Crippen LogP contribution in [0.3, 0.4) is 0 Å². The van der Waals surface area contributed by atoms with E-state index in [1.54, 1.807) is 0 Å². The third-order valence-corrected chi connectivity index (χ3v) is 6.68. The van der Waals surface area contributed by atoms with Gasteiger partial charge in [-0.05, 0) is 31.0 Å². The Labute approximate surface area is 130 Å². The second-order valence-corrected chi connectivity index (χ2v) is 9.51. The molecule has 0 aromatic heterocycles. The van der Waals surface area contributed by atoms with Gasteiger partial charge in [-0.3, -0.25) is 4.79 Å². The van der Waals surface area contributed by atoms with Crippen LogP contribution in [0.4, 0.5) is 0 Å². The number of benzene rings is 1. The Morgan fingerprint density at radius 1 is 1.09 bits per heavy atom. The minimum Gasteiger partial charge on any atom is -0.268 e. The normalized spacial score (nSPS) is 17.1. The number of sulfone groups is 1. The van der Waals surface area contributed by atoms with Gasteiger partial charge in [-0.1, -0.05) is 25.3 Å². The molecular formula is C14H19NO5S2. The molecule has 0 radical (unpaired) electrons. The van der Waals surface area contributed by atoms with Crippen molar-refractivity contribution in [2.45, 2.75) is 42.2 Å². The van der Waals surface area contributed by atoms with Gasteiger partial charge >= 0.3 is 0 Å². The molecule has 1 amide bonds. The molecule has 1 fully saturated rings. The average molecular weight is 345 g/mol. The molecule has 0 saturated heterocycles. The Kier molecular flexibility index (Phi) is 4.91. The predicted molar refractivity (Wildman–Crippen MR) is 82.8 cm³/mol. The van der Waals surface area contributed by atoms with E-state index in [4.69, 9.17) is 0 Å². The molecule has 1 saturated carbocycles. The van der Waals surface area contributed by atoms with Crippen LogP contribution < -0.4 is 4.72 Å². The Balaban J connectivity index is 2.18. The molecule has 0 heterocycles. The van der Waals surface area contributed by atoms with E-state index in [1.807, 2.05) is 0 Å². The number of carbonyl (C=O) groups excluding carboxylic acids is 1. The lowest BCUT2D eigenvalue weighted by Gasteiger charge is -2.21. The second kappa shape index (κ2) is 6.37. The lowest BCUT2D eigenvalue weighted by atomic mass is 10.0. The highest BCUT2D eigenvalue weighted by Gasteiger charge is 2.29. The molecule has 0 spiro atoms. The molecule has 0 atom stereocenters. The Morgan fingerprint density at radius 2 is 1.73 bits per heavy atom. The van der Waals surface area contributed by atoms with Crippen LogP contribution in [0.1, 0.15) is 42.5 Å². The average Bonchev–Trinajstić information content (AvgIpc) is 2.47. The zero-order chi connectivity index (χ0) is 16.4. The summed E-state index contributed by atoms with van der Waals surface area (Å²) in [6, 6.07) is 5.35. The molecule has 1 aromatic carbocycles. The number of rotatable bonds is 4. The maximum Gasteiger partial charge on any atom is 0.264 e. The minimum atomic E-state index is -3.73. The minimum absolute atomic E-state index is 0.0160. The zero-order valence-corrected chi connectivity index (χ0v) is 13.9. The Hall–Kier alpha value is -1.41. The van der Waals surface area contributed by atoms with E-state index in [2.05, 4.69) is 4.72 Å². The van der Waals surface area contributed by atoms with Crippen LogP contribution in [0.5, 0.6) is 0 Å². The van der Waals surface area contributed by atoms with Crippen LogP contribution in [-0.2, 0) is 19.9 Å². The Morgan fingerprint density at radius 3 is 2.32 bits per heavy atom. The van der Waals surface area contributed by atoms with Gasteiger partial charge in [0.25, 0.3) is 5.91 Å². The van der Waals surface area contributed by atoms with E-state index in [0.717, 1.165) is 25.5 Å². The summed E-state index contributed by atoms with van der Waals surface area (Å²) in [5, 5.41) is -0.553. The van der Waals surface area contributed by atoms with Crippen molar-refractivity contribution in [1.29, 1.82) is 0 Å². The Bertz CT molecular complexity index is 762. The summed E-state index contributed by atoms with van der Waals surface area (Å²) in [6.07, 6.45) is 4.81. The van der Waals surface area contributed by atoms with E-state index in [0.29, 0.717) is 12.8 Å². The van der Waals surface area contributed by atoms with Crippen molar-refractivity contribution in [3.63, 3.8) is 0 Å². The molecule has 1 aliphatic carbocycles. The summed E-state index contributed by atoms with van der Waals surface area (Å²) in [5.74, 6) is -0.795. The van der Waals surface area contributed by atoms with Gasteiger partial charge in [0.2, 0.25) is 10.0 Å². The largest absolute Gasteiger partial charge is 0.268 e. The van der Waals surface area contributed by atoms with Crippen molar-refractivity contribution in [2.75, 3.05) is 6.26 Å². The number of nitrogens with one attached hydrogen (secondary N) is 1. The number of hydrogen-bond acceptors (Lipinski definition) is 5. The summed E-state index contributed by atoms with van der Waals surface area (Å²) in [4.78, 5) is 12.1. The number of amides is 1. The summed E-state index contributed by atoms with van der Waals surface area (Å²) in [5.41, 5.74) is 0.0160. The summed E-state index contributed by atoms with van der Waals surface area (Å²) < 4.78 is 49.4. The molecule has 122 valence electrons. The maximum atomic E-state index is 12.2. The van der Waals surface area contributed by atoms with Crippen molar-refractivity contribution in [1.82, 2.24) is 4.72 Å². The van der Waals surface area contributed by atoms with Gasteiger partial charge in [0.15, 0.2) is 9.84 Å². The van der Waals surface area contributed by atoms with Gasteiger partial charge in [0, 0.05) is 11.8 Å². The van der Waals surface area contributed by atoms with Gasteiger partial charge in [0.05, 0.1) is 10.1 Å². The maximum absolute atomic E-state index is 12.2. The topological polar surface area (TPSA) is 97.4 Å². The summed E-state index contributed by atoms with van der Waals surface area (Å²) >= 11 is 0. The molecular weight excluding hydrogens is 326 g/mol. The van der Waals surface area contributed by atoms with Crippen LogP contribution >= 0.6 is 0 Å². The van der Waals surface area contributed by atoms with E-state index in [9.17, 15) is 21.6 Å². The molecule has 1 aromatic rings. The van der Waals surface area contributed by atoms with E-state index in [-0.39, 0.29) is 10.5 Å². The highest BCUT2D eigenvalue weighted by atomic mass is 32.2. The third kappa shape index (κ3) is 4.07. The first kappa shape index (κ1) is 17.0. The van der Waals surface area contributed by atoms with Gasteiger partial charge in [0.1, 0.15) is 0 Å². The first-order chi connectivity index (χ1) is 10.2. The molecule has 1 aliphatic rings. The van der Waals surface area contributed by atoms with Crippen LogP contribution in [0, 0.1) is 0 Å². The monoisotopic (exact) mass is 345 g/mol. The van der Waals surface area contributed by atoms with Gasteiger partial charge in [-0.25, -0.2) is 21.6 Å². The fourth-order valence-corrected chi connectivity index (χ4v) is 4.68. The van der Waals surface area contributed by atoms with Crippen LogP contribution in [0.25, 0.3) is 0 Å². The smallest absolute Gasteiger partial charge is 0.264 e. The SMILES string of the molecule is CS(=O)(=O)c1cccc(C(=O)NS(=O)(=O)C2CCCCC2)c1. The number of sulfonamides is 1. The van der Waals surface area contributed by atoms with Crippen LogP contribution in [-0.4, -0.2) is 34.2 Å². The molecule has 2 rings (SSSR count). The van der Waals surface area contributed by atoms with Crippen LogP contribution in [0.2, 0.25) is 0 Å². The molecule has 1 N–H and O–H groups in total. The number of hydrogen-bond donors (Lipinski definition) is 1. The fraction of sp³-hybridized carbons (Fsp3) is 0.500. The molecule has 22 heavy (non-hydrogen) atoms. The van der Waals surface area contributed by atoms with Crippen molar-refractivity contribution in [3.8, 4) is 0 Å². The van der Waals surface area contributed by atoms with Crippen molar-refractivity contribution < 1.29 is 21.6 Å². The van der Waals surface area contributed by atoms with Gasteiger partial charge in [-0.2, -0.15) is 0 Å². The van der Waals surface area contributed by atoms with Crippen molar-refractivity contribution in [2.24, 2.45) is 0 Å². The molecule has 0 aliphatic heterocycles. The van der Waals surface area contributed by atoms with E-state index in [1.165, 1.54) is 24.3 Å². The number of carbonyl (C=O) groups is 1. The lowest BCUT2D eigenvalue weighted by molar-refractivity contribution is 0.0980. The van der Waals surface area contributed by atoms with Gasteiger partial charge < -0.3 is 0 Å². The second-order valence-electron chi connectivity index (χ2n) is 5.54. The highest BCUT2D eigenvalue weighted by molar-refractivity contribution is 7.91. The lowest BCUT2D eigenvalue weighted by Crippen LogP contribution is -2.39. The molecule has 0 bridgehead atoms. The summed E-state index contributed by atoms with van der Waals surface area (Å²) in [7, 11) is -7.18. The third-order valence-electron chi connectivity index (χ3n) is 3.75. The van der Waals surface area contributed by atoms with Crippen molar-refractivity contribution in [3.05, 3.63) is 29.8 Å². The first-order valence-corrected chi connectivity index (χ1v) is 10.5. The van der Waals surface area contributed by atoms with Gasteiger partial charge in [-0.15, -0.1) is 0 Å². The van der Waals surface area contributed by atoms with Crippen molar-refractivity contribution >= 4 is 25.8 Å². The molecule has 8 heteroatoms. The van der Waals surface area contributed by atoms with Crippen LogP contribution in [0.15, 0.2) is 29.2 Å². The predicted octanol–water partition coefficient (Wildman–Crippen LogP) is 1.48.